The number of amides is 1. The molecule has 1 amide bonds. The highest BCUT2D eigenvalue weighted by molar-refractivity contribution is 6.52. The van der Waals surface area contributed by atoms with Crippen LogP contribution in [0.4, 0.5) is 5.69 Å². The van der Waals surface area contributed by atoms with E-state index < -0.39 is 11.7 Å². The van der Waals surface area contributed by atoms with E-state index in [0.717, 1.165) is 0 Å². The Balaban J connectivity index is 1.97. The Morgan fingerprint density at radius 2 is 1.90 bits per heavy atom. The molecule has 3 rings (SSSR count). The van der Waals surface area contributed by atoms with Crippen molar-refractivity contribution >= 4 is 40.6 Å². The van der Waals surface area contributed by atoms with Crippen LogP contribution in [0.5, 0.6) is 0 Å². The monoisotopic (exact) mass is 307 g/mol. The molecule has 0 unspecified atom stereocenters. The van der Waals surface area contributed by atoms with Gasteiger partial charge in [0.2, 0.25) is 0 Å². The van der Waals surface area contributed by atoms with E-state index in [1.54, 1.807) is 12.1 Å². The van der Waals surface area contributed by atoms with Crippen LogP contribution in [0.15, 0.2) is 30.6 Å². The lowest BCUT2D eigenvalue weighted by atomic mass is 10.1. The first-order valence-corrected chi connectivity index (χ1v) is 6.44. The van der Waals surface area contributed by atoms with Crippen LogP contribution in [-0.4, -0.2) is 21.7 Å². The van der Waals surface area contributed by atoms with Gasteiger partial charge in [0.15, 0.2) is 0 Å². The second kappa shape index (κ2) is 4.85. The maximum atomic E-state index is 12.0. The Labute approximate surface area is 124 Å². The number of halogens is 2. The molecule has 20 heavy (non-hydrogen) atoms. The van der Waals surface area contributed by atoms with Gasteiger partial charge in [-0.2, -0.15) is 0 Å². The number of rotatable bonds is 2. The number of aromatic nitrogens is 2. The molecule has 0 fully saturated rings. The van der Waals surface area contributed by atoms with Crippen LogP contribution >= 0.6 is 23.2 Å². The number of hydrogen-bond donors (Lipinski definition) is 0. The van der Waals surface area contributed by atoms with Crippen molar-refractivity contribution in [2.24, 2.45) is 0 Å². The highest BCUT2D eigenvalue weighted by atomic mass is 35.5. The molecule has 0 radical (unpaired) electrons. The number of Topliss-reactive ketones (excluding diaryl/α,β-unsaturated/α-hetero) is 1. The summed E-state index contributed by atoms with van der Waals surface area (Å²) in [6, 6.07) is 4.77. The van der Waals surface area contributed by atoms with Crippen LogP contribution in [0.3, 0.4) is 0 Å². The summed E-state index contributed by atoms with van der Waals surface area (Å²) in [6.07, 6.45) is 2.86. The van der Waals surface area contributed by atoms with Crippen LogP contribution in [0.2, 0.25) is 10.2 Å². The average Bonchev–Trinajstić information content (AvgIpc) is 2.66. The minimum absolute atomic E-state index is 0.156. The molecule has 1 aromatic carbocycles. The van der Waals surface area contributed by atoms with Crippen LogP contribution in [0.1, 0.15) is 16.1 Å². The van der Waals surface area contributed by atoms with Crippen molar-refractivity contribution in [3.63, 3.8) is 0 Å². The van der Waals surface area contributed by atoms with Crippen LogP contribution in [-0.2, 0) is 11.3 Å². The fourth-order valence-corrected chi connectivity index (χ4v) is 2.28. The van der Waals surface area contributed by atoms with Crippen LogP contribution in [0.25, 0.3) is 0 Å². The van der Waals surface area contributed by atoms with Gasteiger partial charge < -0.3 is 0 Å². The lowest BCUT2D eigenvalue weighted by molar-refractivity contribution is -0.114. The second-order valence-electron chi connectivity index (χ2n) is 4.21. The first-order valence-electron chi connectivity index (χ1n) is 5.68. The minimum Gasteiger partial charge on any atom is -0.299 e. The van der Waals surface area contributed by atoms with E-state index in [9.17, 15) is 9.59 Å². The van der Waals surface area contributed by atoms with E-state index in [1.807, 2.05) is 0 Å². The number of fused-ring (bicyclic) bond motifs is 1. The number of carbonyl (C=O) groups is 2. The fraction of sp³-hybridized carbons (Fsp3) is 0.0769. The second-order valence-corrected chi connectivity index (χ2v) is 5.04. The summed E-state index contributed by atoms with van der Waals surface area (Å²) in [5, 5.41) is 0.683. The maximum Gasteiger partial charge on any atom is 0.299 e. The molecule has 0 N–H and O–H groups in total. The molecule has 1 aliphatic rings. The molecule has 2 heterocycles. The standard InChI is InChI=1S/C13H7Cl2N3O2/c14-7-1-2-10-9(3-7)12(19)13(20)18(10)6-8-4-17-11(15)5-16-8/h1-5H,6H2. The third-order valence-corrected chi connectivity index (χ3v) is 3.36. The SMILES string of the molecule is O=C1C(=O)N(Cc2cnc(Cl)cn2)c2ccc(Cl)cc21. The molecule has 100 valence electrons. The molecule has 5 nitrogen and oxygen atoms in total. The van der Waals surface area contributed by atoms with Crippen molar-refractivity contribution in [1.29, 1.82) is 0 Å². The number of hydrogen-bond acceptors (Lipinski definition) is 4. The van der Waals surface area contributed by atoms with E-state index >= 15 is 0 Å². The molecule has 2 aromatic rings. The molecular formula is C13H7Cl2N3O2. The van der Waals surface area contributed by atoms with Crippen molar-refractivity contribution in [1.82, 2.24) is 9.97 Å². The maximum absolute atomic E-state index is 12.0. The van der Waals surface area contributed by atoms with Gasteiger partial charge in [-0.15, -0.1) is 0 Å². The predicted molar refractivity (Wildman–Crippen MR) is 74.0 cm³/mol. The van der Waals surface area contributed by atoms with Crippen LogP contribution < -0.4 is 4.90 Å². The molecule has 1 aliphatic heterocycles. The van der Waals surface area contributed by atoms with Gasteiger partial charge in [-0.1, -0.05) is 23.2 Å². The molecular weight excluding hydrogens is 301 g/mol. The van der Waals surface area contributed by atoms with Gasteiger partial charge in [0.1, 0.15) is 5.15 Å². The first kappa shape index (κ1) is 13.0. The fourth-order valence-electron chi connectivity index (χ4n) is 2.01. The minimum atomic E-state index is -0.598. The number of ketones is 1. The normalized spacial score (nSPS) is 13.8. The number of benzene rings is 1. The zero-order valence-corrected chi connectivity index (χ0v) is 11.5. The van der Waals surface area contributed by atoms with E-state index in [2.05, 4.69) is 9.97 Å². The molecule has 0 atom stereocenters. The molecule has 0 saturated heterocycles. The van der Waals surface area contributed by atoms with Crippen molar-refractivity contribution in [2.45, 2.75) is 6.54 Å². The number of anilines is 1. The molecule has 0 spiro atoms. The van der Waals surface area contributed by atoms with Crippen molar-refractivity contribution in [3.8, 4) is 0 Å². The third kappa shape index (κ3) is 2.15. The van der Waals surface area contributed by atoms with Crippen molar-refractivity contribution < 1.29 is 9.59 Å². The third-order valence-electron chi connectivity index (χ3n) is 2.93. The van der Waals surface area contributed by atoms with E-state index in [-0.39, 0.29) is 11.7 Å². The van der Waals surface area contributed by atoms with Gasteiger partial charge in [0, 0.05) is 5.02 Å². The first-order chi connectivity index (χ1) is 9.56. The predicted octanol–water partition coefficient (Wildman–Crippen LogP) is 2.51. The van der Waals surface area contributed by atoms with Crippen molar-refractivity contribution in [3.05, 3.63) is 52.0 Å². The lowest BCUT2D eigenvalue weighted by Gasteiger charge is -2.15. The Kier molecular flexibility index (Phi) is 3.16. The summed E-state index contributed by atoms with van der Waals surface area (Å²) < 4.78 is 0. The van der Waals surface area contributed by atoms with Gasteiger partial charge in [0.05, 0.1) is 35.9 Å². The van der Waals surface area contributed by atoms with Gasteiger partial charge in [0.25, 0.3) is 11.7 Å². The Morgan fingerprint density at radius 1 is 1.10 bits per heavy atom. The van der Waals surface area contributed by atoms with Crippen LogP contribution in [0, 0.1) is 0 Å². The summed E-state index contributed by atoms with van der Waals surface area (Å²) in [4.78, 5) is 33.2. The summed E-state index contributed by atoms with van der Waals surface area (Å²) in [5.74, 6) is -1.16. The van der Waals surface area contributed by atoms with Gasteiger partial charge in [-0.25, -0.2) is 4.98 Å². The van der Waals surface area contributed by atoms with E-state index in [4.69, 9.17) is 23.2 Å². The van der Waals surface area contributed by atoms with Gasteiger partial charge in [-0.3, -0.25) is 19.5 Å². The lowest BCUT2D eigenvalue weighted by Crippen LogP contribution is -2.29. The largest absolute Gasteiger partial charge is 0.299 e. The summed E-state index contributed by atoms with van der Waals surface area (Å²) in [6.45, 7) is 0.156. The highest BCUT2D eigenvalue weighted by Crippen LogP contribution is 2.32. The quantitative estimate of drug-likeness (QED) is 0.800. The molecule has 0 aliphatic carbocycles. The topological polar surface area (TPSA) is 63.2 Å². The number of carbonyl (C=O) groups excluding carboxylic acids is 2. The summed E-state index contributed by atoms with van der Waals surface area (Å²) in [5.41, 5.74) is 1.38. The number of nitrogens with zero attached hydrogens (tertiary/aromatic N) is 3. The molecule has 0 saturated carbocycles. The zero-order chi connectivity index (χ0) is 14.3. The van der Waals surface area contributed by atoms with Crippen molar-refractivity contribution in [2.75, 3.05) is 4.90 Å². The van der Waals surface area contributed by atoms with Gasteiger partial charge in [-0.05, 0) is 18.2 Å². The average molecular weight is 308 g/mol. The van der Waals surface area contributed by atoms with E-state index in [0.29, 0.717) is 22.0 Å². The van der Waals surface area contributed by atoms with E-state index in [1.165, 1.54) is 23.4 Å². The molecule has 7 heteroatoms. The highest BCUT2D eigenvalue weighted by Gasteiger charge is 2.36. The Morgan fingerprint density at radius 3 is 2.60 bits per heavy atom. The Hall–Kier alpha value is -1.98. The Bertz CT molecular complexity index is 716. The van der Waals surface area contributed by atoms with Gasteiger partial charge >= 0.3 is 0 Å². The molecule has 0 bridgehead atoms. The summed E-state index contributed by atoms with van der Waals surface area (Å²) >= 11 is 11.5. The summed E-state index contributed by atoms with van der Waals surface area (Å²) in [7, 11) is 0. The smallest absolute Gasteiger partial charge is 0.299 e. The molecule has 1 aromatic heterocycles. The zero-order valence-electron chi connectivity index (χ0n) is 10.0.